The maximum Gasteiger partial charge on any atom is 0.494 e. The standard InChI is InChI=1S/C18H25BO4/c1-6-21-16(20)14-9-12-7-8-15(11-13(12)10-14)19-22-17(2,3)18(4,5)23-19/h7-8,11,14H,6,9-10H2,1-5H3. The third-order valence-electron chi connectivity index (χ3n) is 5.31. The number of carbonyl (C=O) groups excluding carboxylic acids is 1. The smallest absolute Gasteiger partial charge is 0.466 e. The first-order valence-electron chi connectivity index (χ1n) is 8.37. The van der Waals surface area contributed by atoms with E-state index in [2.05, 4.69) is 45.9 Å². The first kappa shape index (κ1) is 16.5. The molecule has 3 rings (SSSR count). The Bertz CT molecular complexity index is 607. The molecule has 1 fully saturated rings. The fourth-order valence-electron chi connectivity index (χ4n) is 3.19. The second kappa shape index (κ2) is 5.64. The highest BCUT2D eigenvalue weighted by Gasteiger charge is 2.51. The summed E-state index contributed by atoms with van der Waals surface area (Å²) in [6.45, 7) is 10.5. The van der Waals surface area contributed by atoms with E-state index >= 15 is 0 Å². The van der Waals surface area contributed by atoms with E-state index in [1.165, 1.54) is 11.1 Å². The molecular weight excluding hydrogens is 291 g/mol. The zero-order valence-corrected chi connectivity index (χ0v) is 14.6. The maximum absolute atomic E-state index is 12.0. The van der Waals surface area contributed by atoms with E-state index in [1.807, 2.05) is 6.92 Å². The predicted octanol–water partition coefficient (Wildman–Crippen LogP) is 2.26. The van der Waals surface area contributed by atoms with Crippen LogP contribution in [0.2, 0.25) is 0 Å². The Labute approximate surface area is 138 Å². The van der Waals surface area contributed by atoms with Crippen molar-refractivity contribution >= 4 is 18.6 Å². The van der Waals surface area contributed by atoms with Crippen LogP contribution < -0.4 is 5.46 Å². The summed E-state index contributed by atoms with van der Waals surface area (Å²) in [6, 6.07) is 6.26. The van der Waals surface area contributed by atoms with Gasteiger partial charge in [-0.15, -0.1) is 0 Å². The molecule has 4 nitrogen and oxygen atoms in total. The van der Waals surface area contributed by atoms with Crippen LogP contribution in [0.4, 0.5) is 0 Å². The highest BCUT2D eigenvalue weighted by molar-refractivity contribution is 6.62. The van der Waals surface area contributed by atoms with Gasteiger partial charge in [0.15, 0.2) is 0 Å². The lowest BCUT2D eigenvalue weighted by atomic mass is 9.78. The molecule has 1 unspecified atom stereocenters. The minimum Gasteiger partial charge on any atom is -0.466 e. The van der Waals surface area contributed by atoms with Crippen molar-refractivity contribution in [3.8, 4) is 0 Å². The summed E-state index contributed by atoms with van der Waals surface area (Å²) < 4.78 is 17.4. The van der Waals surface area contributed by atoms with Crippen molar-refractivity contribution in [3.05, 3.63) is 29.3 Å². The van der Waals surface area contributed by atoms with E-state index in [-0.39, 0.29) is 30.2 Å². The van der Waals surface area contributed by atoms with E-state index < -0.39 is 0 Å². The lowest BCUT2D eigenvalue weighted by molar-refractivity contribution is -0.147. The summed E-state index contributed by atoms with van der Waals surface area (Å²) in [5.41, 5.74) is 2.76. The minimum atomic E-state index is -0.355. The fraction of sp³-hybridized carbons (Fsp3) is 0.611. The number of esters is 1. The molecule has 23 heavy (non-hydrogen) atoms. The molecule has 1 saturated heterocycles. The van der Waals surface area contributed by atoms with Gasteiger partial charge >= 0.3 is 13.1 Å². The van der Waals surface area contributed by atoms with Gasteiger partial charge in [0, 0.05) is 0 Å². The second-order valence-corrected chi connectivity index (χ2v) is 7.47. The number of hydrogen-bond donors (Lipinski definition) is 0. The highest BCUT2D eigenvalue weighted by atomic mass is 16.7. The molecule has 0 N–H and O–H groups in total. The SMILES string of the molecule is CCOC(=O)C1Cc2ccc(B3OC(C)(C)C(C)(C)O3)cc2C1. The van der Waals surface area contributed by atoms with Gasteiger partial charge in [0.25, 0.3) is 0 Å². The first-order chi connectivity index (χ1) is 10.7. The van der Waals surface area contributed by atoms with E-state index in [0.717, 1.165) is 18.3 Å². The number of benzene rings is 1. The summed E-state index contributed by atoms with van der Waals surface area (Å²) >= 11 is 0. The molecule has 1 atom stereocenters. The number of rotatable bonds is 3. The van der Waals surface area contributed by atoms with E-state index in [1.54, 1.807) is 0 Å². The molecule has 0 saturated carbocycles. The molecule has 0 spiro atoms. The van der Waals surface area contributed by atoms with Gasteiger partial charge in [0.1, 0.15) is 0 Å². The van der Waals surface area contributed by atoms with Crippen LogP contribution in [-0.4, -0.2) is 30.9 Å². The first-order valence-corrected chi connectivity index (χ1v) is 8.37. The van der Waals surface area contributed by atoms with Gasteiger partial charge in [-0.05, 0) is 64.1 Å². The van der Waals surface area contributed by atoms with Gasteiger partial charge in [-0.1, -0.05) is 18.2 Å². The molecular formula is C18H25BO4. The van der Waals surface area contributed by atoms with Crippen LogP contribution in [0, 0.1) is 5.92 Å². The molecule has 2 aliphatic rings. The average molecular weight is 316 g/mol. The zero-order chi connectivity index (χ0) is 16.8. The molecule has 1 heterocycles. The van der Waals surface area contributed by atoms with Crippen molar-refractivity contribution < 1.29 is 18.8 Å². The molecule has 124 valence electrons. The van der Waals surface area contributed by atoms with Crippen molar-refractivity contribution in [2.45, 2.75) is 58.7 Å². The lowest BCUT2D eigenvalue weighted by Gasteiger charge is -2.32. The van der Waals surface area contributed by atoms with Crippen LogP contribution in [0.25, 0.3) is 0 Å². The number of ether oxygens (including phenoxy) is 1. The Kier molecular flexibility index (Phi) is 4.05. The molecule has 5 heteroatoms. The summed E-state index contributed by atoms with van der Waals surface area (Å²) in [5.74, 6) is -0.153. The van der Waals surface area contributed by atoms with E-state index in [4.69, 9.17) is 14.0 Å². The van der Waals surface area contributed by atoms with Crippen LogP contribution in [-0.2, 0) is 31.7 Å². The normalized spacial score (nSPS) is 24.6. The zero-order valence-electron chi connectivity index (χ0n) is 14.6. The quantitative estimate of drug-likeness (QED) is 0.634. The second-order valence-electron chi connectivity index (χ2n) is 7.47. The molecule has 0 radical (unpaired) electrons. The highest BCUT2D eigenvalue weighted by Crippen LogP contribution is 2.37. The van der Waals surface area contributed by atoms with Crippen LogP contribution >= 0.6 is 0 Å². The number of carbonyl (C=O) groups is 1. The molecule has 1 aliphatic carbocycles. The van der Waals surface area contributed by atoms with Crippen molar-refractivity contribution in [3.63, 3.8) is 0 Å². The van der Waals surface area contributed by atoms with E-state index in [9.17, 15) is 4.79 Å². The summed E-state index contributed by atoms with van der Waals surface area (Å²) in [4.78, 5) is 12.0. The summed E-state index contributed by atoms with van der Waals surface area (Å²) in [7, 11) is -0.355. The Morgan fingerprint density at radius 1 is 1.17 bits per heavy atom. The summed E-state index contributed by atoms with van der Waals surface area (Å²) in [6.07, 6.45) is 1.50. The number of hydrogen-bond acceptors (Lipinski definition) is 4. The third-order valence-corrected chi connectivity index (χ3v) is 5.31. The van der Waals surface area contributed by atoms with Crippen LogP contribution in [0.3, 0.4) is 0 Å². The topological polar surface area (TPSA) is 44.8 Å². The van der Waals surface area contributed by atoms with Gasteiger partial charge in [0.2, 0.25) is 0 Å². The van der Waals surface area contributed by atoms with Gasteiger partial charge < -0.3 is 14.0 Å². The van der Waals surface area contributed by atoms with Crippen LogP contribution in [0.5, 0.6) is 0 Å². The van der Waals surface area contributed by atoms with Gasteiger partial charge in [0.05, 0.1) is 23.7 Å². The Balaban J connectivity index is 1.77. The molecule has 0 bridgehead atoms. The molecule has 0 aromatic heterocycles. The molecule has 1 aromatic carbocycles. The van der Waals surface area contributed by atoms with Crippen LogP contribution in [0.1, 0.15) is 45.7 Å². The van der Waals surface area contributed by atoms with Gasteiger partial charge in [-0.3, -0.25) is 4.79 Å². The Morgan fingerprint density at radius 2 is 1.78 bits per heavy atom. The van der Waals surface area contributed by atoms with Gasteiger partial charge in [-0.2, -0.15) is 0 Å². The Morgan fingerprint density at radius 3 is 2.39 bits per heavy atom. The maximum atomic E-state index is 12.0. The number of fused-ring (bicyclic) bond motifs is 1. The van der Waals surface area contributed by atoms with Crippen molar-refractivity contribution in [2.75, 3.05) is 6.61 Å². The molecule has 0 amide bonds. The largest absolute Gasteiger partial charge is 0.494 e. The summed E-state index contributed by atoms with van der Waals surface area (Å²) in [5, 5.41) is 0. The van der Waals surface area contributed by atoms with Crippen LogP contribution in [0.15, 0.2) is 18.2 Å². The van der Waals surface area contributed by atoms with Crippen molar-refractivity contribution in [2.24, 2.45) is 5.92 Å². The minimum absolute atomic E-state index is 0.0569. The van der Waals surface area contributed by atoms with Crippen molar-refractivity contribution in [1.82, 2.24) is 0 Å². The molecule has 1 aliphatic heterocycles. The van der Waals surface area contributed by atoms with E-state index in [0.29, 0.717) is 6.61 Å². The van der Waals surface area contributed by atoms with Crippen molar-refractivity contribution in [1.29, 1.82) is 0 Å². The average Bonchev–Trinajstić information content (AvgIpc) is 2.97. The lowest BCUT2D eigenvalue weighted by Crippen LogP contribution is -2.41. The third kappa shape index (κ3) is 2.92. The molecule has 1 aromatic rings. The Hall–Kier alpha value is -1.33. The monoisotopic (exact) mass is 316 g/mol. The predicted molar refractivity (Wildman–Crippen MR) is 89.7 cm³/mol. The fourth-order valence-corrected chi connectivity index (χ4v) is 3.19. The van der Waals surface area contributed by atoms with Gasteiger partial charge in [-0.25, -0.2) is 0 Å².